The predicted octanol–water partition coefficient (Wildman–Crippen LogP) is 3.19. The van der Waals surface area contributed by atoms with E-state index < -0.39 is 6.04 Å². The van der Waals surface area contributed by atoms with E-state index in [1.54, 1.807) is 24.3 Å². The van der Waals surface area contributed by atoms with Gasteiger partial charge in [0.05, 0.1) is 17.3 Å². The minimum atomic E-state index is -0.749. The molecule has 7 heteroatoms. The summed E-state index contributed by atoms with van der Waals surface area (Å²) in [6.45, 7) is 0. The third-order valence-electron chi connectivity index (χ3n) is 6.16. The van der Waals surface area contributed by atoms with Crippen molar-refractivity contribution in [3.8, 4) is 0 Å². The zero-order valence-electron chi connectivity index (χ0n) is 17.0. The van der Waals surface area contributed by atoms with Crippen LogP contribution in [0.25, 0.3) is 10.9 Å². The Balaban J connectivity index is 1.24. The monoisotopic (exact) mass is 416 g/mol. The maximum atomic E-state index is 12.7. The van der Waals surface area contributed by atoms with Crippen LogP contribution >= 0.6 is 0 Å². The second kappa shape index (κ2) is 7.91. The van der Waals surface area contributed by atoms with E-state index in [9.17, 15) is 14.4 Å². The highest BCUT2D eigenvalue weighted by molar-refractivity contribution is 6.09. The Morgan fingerprint density at radius 3 is 2.77 bits per heavy atom. The molecule has 158 valence electrons. The molecule has 2 aliphatic rings. The molecule has 2 aromatic carbocycles. The fourth-order valence-corrected chi connectivity index (χ4v) is 4.62. The first-order chi connectivity index (χ1) is 15.1. The molecule has 1 aliphatic heterocycles. The molecule has 0 bridgehead atoms. The lowest BCUT2D eigenvalue weighted by Gasteiger charge is -2.24. The number of anilines is 1. The molecule has 2 heterocycles. The van der Waals surface area contributed by atoms with Crippen molar-refractivity contribution in [3.63, 3.8) is 0 Å². The van der Waals surface area contributed by atoms with Crippen molar-refractivity contribution in [1.82, 2.24) is 15.6 Å². The predicted molar refractivity (Wildman–Crippen MR) is 118 cm³/mol. The number of H-pyrrole nitrogens is 1. The number of rotatable bonds is 4. The van der Waals surface area contributed by atoms with E-state index in [1.807, 2.05) is 12.1 Å². The van der Waals surface area contributed by atoms with Gasteiger partial charge in [-0.15, -0.1) is 0 Å². The summed E-state index contributed by atoms with van der Waals surface area (Å²) in [6.07, 6.45) is 3.28. The lowest BCUT2D eigenvalue weighted by Crippen LogP contribution is -2.42. The fourth-order valence-electron chi connectivity index (χ4n) is 4.62. The molecule has 5 rings (SSSR count). The Morgan fingerprint density at radius 2 is 1.87 bits per heavy atom. The van der Waals surface area contributed by atoms with E-state index >= 15 is 0 Å². The first-order valence-electron chi connectivity index (χ1n) is 10.7. The van der Waals surface area contributed by atoms with E-state index in [2.05, 4.69) is 33.1 Å². The van der Waals surface area contributed by atoms with Crippen LogP contribution in [0.4, 0.5) is 5.69 Å². The van der Waals surface area contributed by atoms with E-state index in [0.29, 0.717) is 11.3 Å². The highest BCUT2D eigenvalue weighted by Gasteiger charge is 2.29. The molecule has 0 unspecified atom stereocenters. The maximum Gasteiger partial charge on any atom is 0.254 e. The fraction of sp³-hybridized carbons (Fsp3) is 0.292. The van der Waals surface area contributed by atoms with Gasteiger partial charge in [-0.3, -0.25) is 14.4 Å². The number of aryl methyl sites for hydroxylation is 1. The van der Waals surface area contributed by atoms with Crippen LogP contribution in [0.5, 0.6) is 0 Å². The molecule has 1 aromatic heterocycles. The first-order valence-corrected chi connectivity index (χ1v) is 10.7. The van der Waals surface area contributed by atoms with Gasteiger partial charge in [-0.2, -0.15) is 0 Å². The summed E-state index contributed by atoms with van der Waals surface area (Å²) in [5, 5.41) is 9.85. The van der Waals surface area contributed by atoms with Gasteiger partial charge in [0.25, 0.3) is 5.91 Å². The maximum absolute atomic E-state index is 12.7. The van der Waals surface area contributed by atoms with Crippen molar-refractivity contribution in [2.24, 2.45) is 0 Å². The topological polar surface area (TPSA) is 103 Å². The van der Waals surface area contributed by atoms with Gasteiger partial charge in [0.15, 0.2) is 0 Å². The zero-order chi connectivity index (χ0) is 21.4. The van der Waals surface area contributed by atoms with Crippen LogP contribution in [0.3, 0.4) is 0 Å². The SMILES string of the molecule is O=C(CC[C@@H]1NC(=O)c2ccccc2NC1=O)N[C@H]1CCCc2c1[nH]c1ccccc21. The highest BCUT2D eigenvalue weighted by atomic mass is 16.2. The Morgan fingerprint density at radius 1 is 1.06 bits per heavy atom. The van der Waals surface area contributed by atoms with Gasteiger partial charge >= 0.3 is 0 Å². The number of benzene rings is 2. The van der Waals surface area contributed by atoms with Crippen molar-refractivity contribution in [2.45, 2.75) is 44.2 Å². The molecule has 0 radical (unpaired) electrons. The lowest BCUT2D eigenvalue weighted by molar-refractivity contribution is -0.122. The Bertz CT molecular complexity index is 1180. The van der Waals surface area contributed by atoms with E-state index in [4.69, 9.17) is 0 Å². The smallest absolute Gasteiger partial charge is 0.254 e. The third kappa shape index (κ3) is 3.67. The summed E-state index contributed by atoms with van der Waals surface area (Å²) in [5.41, 5.74) is 4.37. The van der Waals surface area contributed by atoms with Crippen molar-refractivity contribution < 1.29 is 14.4 Å². The van der Waals surface area contributed by atoms with Crippen LogP contribution in [0.2, 0.25) is 0 Å². The average Bonchev–Trinajstić information content (AvgIpc) is 3.11. The van der Waals surface area contributed by atoms with Gasteiger partial charge < -0.3 is 20.9 Å². The zero-order valence-corrected chi connectivity index (χ0v) is 17.0. The molecule has 3 amide bonds. The van der Waals surface area contributed by atoms with Crippen LogP contribution in [0, 0.1) is 0 Å². The normalized spacial score (nSPS) is 20.3. The molecule has 1 aliphatic carbocycles. The highest BCUT2D eigenvalue weighted by Crippen LogP contribution is 2.34. The van der Waals surface area contributed by atoms with E-state index in [1.165, 1.54) is 10.9 Å². The van der Waals surface area contributed by atoms with Gasteiger partial charge in [-0.1, -0.05) is 30.3 Å². The van der Waals surface area contributed by atoms with Crippen molar-refractivity contribution >= 4 is 34.3 Å². The summed E-state index contributed by atoms with van der Waals surface area (Å²) >= 11 is 0. The standard InChI is InChI=1S/C24H24N4O3/c29-21(13-12-20-24(31)27-18-10-4-2-7-16(18)23(30)28-20)25-19-11-5-8-15-14-6-1-3-9-17(14)26-22(15)19/h1-4,6-7,9-10,19-20,26H,5,8,11-13H2,(H,25,29)(H,27,31)(H,28,30)/t19-,20-/m0/s1. The number of para-hydroxylation sites is 2. The molecule has 2 atom stereocenters. The van der Waals surface area contributed by atoms with Crippen LogP contribution < -0.4 is 16.0 Å². The summed E-state index contributed by atoms with van der Waals surface area (Å²) < 4.78 is 0. The van der Waals surface area contributed by atoms with Crippen molar-refractivity contribution in [3.05, 3.63) is 65.4 Å². The van der Waals surface area contributed by atoms with Gasteiger partial charge in [0.1, 0.15) is 6.04 Å². The van der Waals surface area contributed by atoms with Crippen LogP contribution in [0.15, 0.2) is 48.5 Å². The molecular weight excluding hydrogens is 392 g/mol. The number of hydrogen-bond acceptors (Lipinski definition) is 3. The lowest BCUT2D eigenvalue weighted by atomic mass is 9.91. The number of carbonyl (C=O) groups excluding carboxylic acids is 3. The summed E-state index contributed by atoms with van der Waals surface area (Å²) in [5.74, 6) is -0.739. The Labute approximate surface area is 179 Å². The molecule has 0 saturated heterocycles. The first kappa shape index (κ1) is 19.4. The minimum absolute atomic E-state index is 0.0644. The van der Waals surface area contributed by atoms with Gasteiger partial charge in [0, 0.05) is 23.0 Å². The number of carbonyl (C=O) groups is 3. The Hall–Kier alpha value is -3.61. The number of amides is 3. The number of nitrogens with one attached hydrogen (secondary N) is 4. The van der Waals surface area contributed by atoms with Gasteiger partial charge in [0.2, 0.25) is 11.8 Å². The second-order valence-corrected chi connectivity index (χ2v) is 8.17. The molecule has 31 heavy (non-hydrogen) atoms. The van der Waals surface area contributed by atoms with E-state index in [-0.39, 0.29) is 36.6 Å². The number of fused-ring (bicyclic) bond motifs is 4. The number of aromatic nitrogens is 1. The molecule has 0 fully saturated rings. The van der Waals surface area contributed by atoms with Gasteiger partial charge in [-0.05, 0) is 49.4 Å². The molecule has 3 aromatic rings. The van der Waals surface area contributed by atoms with Crippen LogP contribution in [-0.2, 0) is 16.0 Å². The van der Waals surface area contributed by atoms with Crippen molar-refractivity contribution in [2.75, 3.05) is 5.32 Å². The third-order valence-corrected chi connectivity index (χ3v) is 6.16. The molecule has 4 N–H and O–H groups in total. The average molecular weight is 416 g/mol. The Kier molecular flexibility index (Phi) is 4.94. The van der Waals surface area contributed by atoms with Crippen LogP contribution in [0.1, 0.15) is 53.3 Å². The second-order valence-electron chi connectivity index (χ2n) is 8.17. The molecular formula is C24H24N4O3. The van der Waals surface area contributed by atoms with Crippen molar-refractivity contribution in [1.29, 1.82) is 0 Å². The largest absolute Gasteiger partial charge is 0.356 e. The van der Waals surface area contributed by atoms with Gasteiger partial charge in [-0.25, -0.2) is 0 Å². The number of hydrogen-bond donors (Lipinski definition) is 4. The summed E-state index contributed by atoms with van der Waals surface area (Å²) in [6, 6.07) is 14.3. The van der Waals surface area contributed by atoms with E-state index in [0.717, 1.165) is 30.5 Å². The van der Waals surface area contributed by atoms with Crippen LogP contribution in [-0.4, -0.2) is 28.7 Å². The number of aromatic amines is 1. The summed E-state index contributed by atoms with van der Waals surface area (Å²) in [4.78, 5) is 41.1. The molecule has 0 saturated carbocycles. The minimum Gasteiger partial charge on any atom is -0.356 e. The summed E-state index contributed by atoms with van der Waals surface area (Å²) in [7, 11) is 0. The quantitative estimate of drug-likeness (QED) is 0.525. The molecule has 7 nitrogen and oxygen atoms in total. The molecule has 0 spiro atoms.